The molecular formula is C9H17NO5S. The predicted octanol–water partition coefficient (Wildman–Crippen LogP) is -0.344. The molecule has 94 valence electrons. The van der Waals surface area contributed by atoms with Crippen LogP contribution in [0.3, 0.4) is 0 Å². The topological polar surface area (TPSA) is 107 Å². The van der Waals surface area contributed by atoms with E-state index in [9.17, 15) is 18.3 Å². The Morgan fingerprint density at radius 1 is 1.50 bits per heavy atom. The molecule has 7 heteroatoms. The summed E-state index contributed by atoms with van der Waals surface area (Å²) in [5, 5.41) is 9.23. The number of carbonyl (C=O) groups is 1. The highest BCUT2D eigenvalue weighted by Crippen LogP contribution is 2.28. The molecule has 0 radical (unpaired) electrons. The Morgan fingerprint density at radius 3 is 2.56 bits per heavy atom. The highest BCUT2D eigenvalue weighted by molar-refractivity contribution is 7.91. The van der Waals surface area contributed by atoms with E-state index in [0.29, 0.717) is 12.8 Å². The maximum atomic E-state index is 11.3. The van der Waals surface area contributed by atoms with Crippen molar-refractivity contribution in [2.75, 3.05) is 12.9 Å². The minimum absolute atomic E-state index is 0.0486. The van der Waals surface area contributed by atoms with Gasteiger partial charge >= 0.3 is 6.09 Å². The van der Waals surface area contributed by atoms with Gasteiger partial charge in [0, 0.05) is 12.2 Å². The zero-order valence-corrected chi connectivity index (χ0v) is 9.94. The molecule has 0 aromatic rings. The van der Waals surface area contributed by atoms with Gasteiger partial charge in [-0.25, -0.2) is 13.2 Å². The molecule has 3 atom stereocenters. The van der Waals surface area contributed by atoms with Crippen LogP contribution in [-0.2, 0) is 14.6 Å². The number of nitrogens with two attached hydrogens (primary N) is 1. The van der Waals surface area contributed by atoms with E-state index in [0.717, 1.165) is 0 Å². The number of primary amides is 1. The molecule has 16 heavy (non-hydrogen) atoms. The second kappa shape index (κ2) is 5.01. The summed E-state index contributed by atoms with van der Waals surface area (Å²) >= 11 is 0. The van der Waals surface area contributed by atoms with Crippen molar-refractivity contribution in [3.63, 3.8) is 0 Å². The van der Waals surface area contributed by atoms with Crippen LogP contribution >= 0.6 is 0 Å². The Kier molecular flexibility index (Phi) is 4.15. The number of aliphatic hydroxyl groups is 1. The first-order chi connectivity index (χ1) is 7.30. The summed E-state index contributed by atoms with van der Waals surface area (Å²) in [6, 6.07) is 0. The van der Waals surface area contributed by atoms with Crippen LogP contribution in [0.1, 0.15) is 19.3 Å². The number of sulfone groups is 1. The molecule has 0 aliphatic heterocycles. The fourth-order valence-corrected chi connectivity index (χ4v) is 3.06. The summed E-state index contributed by atoms with van der Waals surface area (Å²) in [6.07, 6.45) is 0.746. The normalized spacial score (nSPS) is 31.0. The molecule has 0 aromatic heterocycles. The van der Waals surface area contributed by atoms with Gasteiger partial charge < -0.3 is 15.6 Å². The average molecular weight is 251 g/mol. The lowest BCUT2D eigenvalue weighted by Crippen LogP contribution is -2.38. The van der Waals surface area contributed by atoms with Gasteiger partial charge in [-0.15, -0.1) is 0 Å². The molecule has 6 nitrogen and oxygen atoms in total. The van der Waals surface area contributed by atoms with E-state index in [1.807, 2.05) is 0 Å². The SMILES string of the molecule is CS(=O)(=O)C1CCC(COC(N)=O)C(O)C1. The summed E-state index contributed by atoms with van der Waals surface area (Å²) in [4.78, 5) is 10.4. The Hall–Kier alpha value is -0.820. The van der Waals surface area contributed by atoms with Gasteiger partial charge in [0.25, 0.3) is 0 Å². The molecule has 0 bridgehead atoms. The van der Waals surface area contributed by atoms with E-state index in [1.165, 1.54) is 6.26 Å². The maximum absolute atomic E-state index is 11.3. The third-order valence-corrected chi connectivity index (χ3v) is 4.59. The summed E-state index contributed by atoms with van der Waals surface area (Å²) < 4.78 is 27.2. The van der Waals surface area contributed by atoms with Gasteiger partial charge in [0.05, 0.1) is 18.0 Å². The lowest BCUT2D eigenvalue weighted by Gasteiger charge is -2.31. The smallest absolute Gasteiger partial charge is 0.404 e. The van der Waals surface area contributed by atoms with Gasteiger partial charge in [0.15, 0.2) is 0 Å². The second-order valence-electron chi connectivity index (χ2n) is 4.22. The van der Waals surface area contributed by atoms with Crippen molar-refractivity contribution >= 4 is 15.9 Å². The number of carbonyl (C=O) groups excluding carboxylic acids is 1. The zero-order valence-electron chi connectivity index (χ0n) is 9.13. The van der Waals surface area contributed by atoms with Crippen LogP contribution < -0.4 is 5.73 Å². The molecule has 1 fully saturated rings. The monoisotopic (exact) mass is 251 g/mol. The first-order valence-corrected chi connectivity index (χ1v) is 7.05. The van der Waals surface area contributed by atoms with Crippen molar-refractivity contribution in [3.8, 4) is 0 Å². The summed E-state index contributed by atoms with van der Waals surface area (Å²) in [7, 11) is -3.11. The molecule has 0 saturated heterocycles. The van der Waals surface area contributed by atoms with Crippen LogP contribution in [0.5, 0.6) is 0 Å². The first-order valence-electron chi connectivity index (χ1n) is 5.10. The minimum Gasteiger partial charge on any atom is -0.449 e. The van der Waals surface area contributed by atoms with E-state index < -0.39 is 27.3 Å². The molecule has 1 saturated carbocycles. The average Bonchev–Trinajstić information content (AvgIpc) is 2.14. The fourth-order valence-electron chi connectivity index (χ4n) is 1.94. The predicted molar refractivity (Wildman–Crippen MR) is 57.5 cm³/mol. The van der Waals surface area contributed by atoms with E-state index in [4.69, 9.17) is 5.73 Å². The Balaban J connectivity index is 2.49. The molecule has 3 N–H and O–H groups in total. The van der Waals surface area contributed by atoms with Gasteiger partial charge in [-0.2, -0.15) is 0 Å². The Bertz CT molecular complexity index is 353. The quantitative estimate of drug-likeness (QED) is 0.713. The maximum Gasteiger partial charge on any atom is 0.404 e. The molecule has 1 amide bonds. The van der Waals surface area contributed by atoms with Crippen molar-refractivity contribution in [2.45, 2.75) is 30.6 Å². The third kappa shape index (κ3) is 3.64. The Morgan fingerprint density at radius 2 is 2.12 bits per heavy atom. The van der Waals surface area contributed by atoms with Crippen molar-refractivity contribution in [2.24, 2.45) is 11.7 Å². The largest absolute Gasteiger partial charge is 0.449 e. The van der Waals surface area contributed by atoms with Gasteiger partial charge in [-0.1, -0.05) is 0 Å². The molecule has 0 aromatic carbocycles. The van der Waals surface area contributed by atoms with E-state index >= 15 is 0 Å². The minimum atomic E-state index is -3.11. The number of ether oxygens (including phenoxy) is 1. The zero-order chi connectivity index (χ0) is 12.3. The number of hydrogen-bond donors (Lipinski definition) is 2. The summed E-state index contributed by atoms with van der Waals surface area (Å²) in [6.45, 7) is 0.0486. The lowest BCUT2D eigenvalue weighted by atomic mass is 9.87. The van der Waals surface area contributed by atoms with Crippen LogP contribution in [0.2, 0.25) is 0 Å². The van der Waals surface area contributed by atoms with E-state index in [-0.39, 0.29) is 18.9 Å². The van der Waals surface area contributed by atoms with Crippen molar-refractivity contribution in [3.05, 3.63) is 0 Å². The molecule has 1 rings (SSSR count). The number of aliphatic hydroxyl groups excluding tert-OH is 1. The number of hydrogen-bond acceptors (Lipinski definition) is 5. The van der Waals surface area contributed by atoms with Gasteiger partial charge in [-0.3, -0.25) is 0 Å². The first kappa shape index (κ1) is 13.2. The van der Waals surface area contributed by atoms with Crippen LogP contribution in [0.25, 0.3) is 0 Å². The molecule has 3 unspecified atom stereocenters. The van der Waals surface area contributed by atoms with Gasteiger partial charge in [0.2, 0.25) is 0 Å². The van der Waals surface area contributed by atoms with Crippen molar-refractivity contribution < 1.29 is 23.1 Å². The third-order valence-electron chi connectivity index (χ3n) is 2.95. The molecular weight excluding hydrogens is 234 g/mol. The van der Waals surface area contributed by atoms with E-state index in [2.05, 4.69) is 4.74 Å². The Labute approximate surface area is 94.7 Å². The van der Waals surface area contributed by atoms with Crippen LogP contribution in [0.15, 0.2) is 0 Å². The van der Waals surface area contributed by atoms with Crippen LogP contribution in [-0.4, -0.2) is 43.8 Å². The molecule has 0 spiro atoms. The van der Waals surface area contributed by atoms with Gasteiger partial charge in [-0.05, 0) is 19.3 Å². The molecule has 0 heterocycles. The van der Waals surface area contributed by atoms with Crippen molar-refractivity contribution in [1.29, 1.82) is 0 Å². The molecule has 1 aliphatic rings. The fraction of sp³-hybridized carbons (Fsp3) is 0.889. The van der Waals surface area contributed by atoms with E-state index in [1.54, 1.807) is 0 Å². The highest BCUT2D eigenvalue weighted by atomic mass is 32.2. The molecule has 1 aliphatic carbocycles. The van der Waals surface area contributed by atoms with Crippen LogP contribution in [0, 0.1) is 5.92 Å². The number of amides is 1. The second-order valence-corrected chi connectivity index (χ2v) is 6.55. The lowest BCUT2D eigenvalue weighted by molar-refractivity contribution is 0.0300. The number of rotatable bonds is 3. The van der Waals surface area contributed by atoms with Crippen LogP contribution in [0.4, 0.5) is 4.79 Å². The van der Waals surface area contributed by atoms with Gasteiger partial charge in [0.1, 0.15) is 9.84 Å². The van der Waals surface area contributed by atoms with Crippen molar-refractivity contribution in [1.82, 2.24) is 0 Å². The highest BCUT2D eigenvalue weighted by Gasteiger charge is 2.34. The summed E-state index contributed by atoms with van der Waals surface area (Å²) in [5.74, 6) is -0.217. The summed E-state index contributed by atoms with van der Waals surface area (Å²) in [5.41, 5.74) is 4.81. The standard InChI is InChI=1S/C9H17NO5S/c1-16(13,14)7-3-2-6(8(11)4-7)5-15-9(10)12/h6-8,11H,2-5H2,1H3,(H2,10,12).